The van der Waals surface area contributed by atoms with Crippen molar-refractivity contribution in [2.24, 2.45) is 0 Å². The molecular weight excluding hydrogens is 256 g/mol. The van der Waals surface area contributed by atoms with Crippen LogP contribution < -0.4 is 10.6 Å². The maximum atomic E-state index is 11.9. The lowest BCUT2D eigenvalue weighted by Gasteiger charge is -2.17. The topological polar surface area (TPSA) is 41.1 Å². The molecule has 0 saturated heterocycles. The Morgan fingerprint density at radius 3 is 2.79 bits per heavy atom. The van der Waals surface area contributed by atoms with Crippen molar-refractivity contribution in [3.63, 3.8) is 0 Å². The maximum Gasteiger partial charge on any atom is 0.220 e. The second-order valence-electron chi connectivity index (χ2n) is 5.14. The van der Waals surface area contributed by atoms with Gasteiger partial charge in [0.15, 0.2) is 0 Å². The van der Waals surface area contributed by atoms with Gasteiger partial charge in [0.1, 0.15) is 0 Å². The molecule has 1 amide bonds. The molecule has 1 atom stereocenters. The molecule has 1 unspecified atom stereocenters. The largest absolute Gasteiger partial charge is 0.348 e. The van der Waals surface area contributed by atoms with Gasteiger partial charge in [0.05, 0.1) is 6.04 Å². The van der Waals surface area contributed by atoms with Crippen LogP contribution in [0.25, 0.3) is 0 Å². The van der Waals surface area contributed by atoms with Gasteiger partial charge in [-0.3, -0.25) is 4.79 Å². The third-order valence-corrected chi connectivity index (χ3v) is 3.92. The van der Waals surface area contributed by atoms with Crippen LogP contribution in [0, 0.1) is 0 Å². The first-order valence-electron chi connectivity index (χ1n) is 7.19. The molecule has 4 heteroatoms. The number of carbonyl (C=O) groups excluding carboxylic acids is 1. The molecule has 1 aromatic heterocycles. The fourth-order valence-corrected chi connectivity index (χ4v) is 2.78. The molecule has 0 radical (unpaired) electrons. The number of rotatable bonds is 9. The van der Waals surface area contributed by atoms with E-state index in [1.807, 2.05) is 6.07 Å². The Hall–Kier alpha value is -0.870. The van der Waals surface area contributed by atoms with Gasteiger partial charge in [-0.15, -0.1) is 11.3 Å². The summed E-state index contributed by atoms with van der Waals surface area (Å²) in [6.07, 6.45) is 3.59. The van der Waals surface area contributed by atoms with Crippen molar-refractivity contribution in [3.8, 4) is 0 Å². The molecule has 1 heterocycles. The van der Waals surface area contributed by atoms with Crippen LogP contribution in [0.4, 0.5) is 0 Å². The van der Waals surface area contributed by atoms with Gasteiger partial charge >= 0.3 is 0 Å². The minimum atomic E-state index is 0.164. The van der Waals surface area contributed by atoms with Gasteiger partial charge < -0.3 is 10.6 Å². The van der Waals surface area contributed by atoms with Crippen molar-refractivity contribution in [3.05, 3.63) is 22.4 Å². The second kappa shape index (κ2) is 9.10. The summed E-state index contributed by atoms with van der Waals surface area (Å²) >= 11 is 1.72. The molecule has 0 fully saturated rings. The zero-order valence-corrected chi connectivity index (χ0v) is 13.1. The summed E-state index contributed by atoms with van der Waals surface area (Å²) in [5, 5.41) is 8.55. The van der Waals surface area contributed by atoms with E-state index >= 15 is 0 Å². The van der Waals surface area contributed by atoms with Gasteiger partial charge in [0.2, 0.25) is 5.91 Å². The summed E-state index contributed by atoms with van der Waals surface area (Å²) in [6.45, 7) is 7.30. The molecule has 1 rings (SSSR count). The van der Waals surface area contributed by atoms with Crippen LogP contribution >= 0.6 is 11.3 Å². The van der Waals surface area contributed by atoms with Crippen LogP contribution in [0.2, 0.25) is 0 Å². The monoisotopic (exact) mass is 282 g/mol. The fourth-order valence-electron chi connectivity index (χ4n) is 1.97. The third-order valence-electron chi connectivity index (χ3n) is 2.93. The standard InChI is InChI=1S/C15H26N2OS/c1-4-7-13(14-8-6-11-19-14)17-15(18)9-5-10-16-12(2)3/h6,8,11-13,16H,4-5,7,9-10H2,1-3H3,(H,17,18). The highest BCUT2D eigenvalue weighted by atomic mass is 32.1. The van der Waals surface area contributed by atoms with Gasteiger partial charge in [-0.2, -0.15) is 0 Å². The maximum absolute atomic E-state index is 11.9. The lowest BCUT2D eigenvalue weighted by Crippen LogP contribution is -2.29. The first-order valence-corrected chi connectivity index (χ1v) is 8.07. The lowest BCUT2D eigenvalue weighted by molar-refractivity contribution is -0.122. The smallest absolute Gasteiger partial charge is 0.220 e. The summed E-state index contributed by atoms with van der Waals surface area (Å²) in [4.78, 5) is 13.2. The van der Waals surface area contributed by atoms with Crippen molar-refractivity contribution < 1.29 is 4.79 Å². The van der Waals surface area contributed by atoms with E-state index in [0.717, 1.165) is 25.8 Å². The molecule has 0 aliphatic carbocycles. The Morgan fingerprint density at radius 2 is 2.21 bits per heavy atom. The number of nitrogens with one attached hydrogen (secondary N) is 2. The van der Waals surface area contributed by atoms with Crippen molar-refractivity contribution in [1.29, 1.82) is 0 Å². The van der Waals surface area contributed by atoms with Crippen LogP contribution in [0.5, 0.6) is 0 Å². The Labute approximate surface area is 120 Å². The number of thiophene rings is 1. The van der Waals surface area contributed by atoms with E-state index in [9.17, 15) is 4.79 Å². The van der Waals surface area contributed by atoms with Gasteiger partial charge in [-0.05, 0) is 30.8 Å². The SMILES string of the molecule is CCCC(NC(=O)CCCNC(C)C)c1cccs1. The number of carbonyl (C=O) groups is 1. The predicted molar refractivity (Wildman–Crippen MR) is 82.5 cm³/mol. The first kappa shape index (κ1) is 16.2. The van der Waals surface area contributed by atoms with Crippen LogP contribution in [-0.4, -0.2) is 18.5 Å². The van der Waals surface area contributed by atoms with Gasteiger partial charge in [-0.1, -0.05) is 33.3 Å². The molecule has 1 aromatic rings. The molecule has 0 aliphatic rings. The zero-order chi connectivity index (χ0) is 14.1. The fraction of sp³-hybridized carbons (Fsp3) is 0.667. The highest BCUT2D eigenvalue weighted by Crippen LogP contribution is 2.23. The Bertz CT molecular complexity index is 349. The average Bonchev–Trinajstić information content (AvgIpc) is 2.87. The predicted octanol–water partition coefficient (Wildman–Crippen LogP) is 3.48. The molecule has 0 spiro atoms. The third kappa shape index (κ3) is 6.73. The van der Waals surface area contributed by atoms with E-state index in [1.165, 1.54) is 4.88 Å². The van der Waals surface area contributed by atoms with Gasteiger partial charge in [0, 0.05) is 17.3 Å². The summed E-state index contributed by atoms with van der Waals surface area (Å²) in [7, 11) is 0. The van der Waals surface area contributed by atoms with Crippen LogP contribution in [0.1, 0.15) is 57.4 Å². The molecule has 0 aromatic carbocycles. The normalized spacial score (nSPS) is 12.6. The summed E-state index contributed by atoms with van der Waals surface area (Å²) in [5.41, 5.74) is 0. The van der Waals surface area contributed by atoms with Gasteiger partial charge in [0.25, 0.3) is 0 Å². The molecule has 0 bridgehead atoms. The highest BCUT2D eigenvalue weighted by Gasteiger charge is 2.14. The van der Waals surface area contributed by atoms with E-state index in [0.29, 0.717) is 12.5 Å². The first-order chi connectivity index (χ1) is 9.13. The van der Waals surface area contributed by atoms with E-state index < -0.39 is 0 Å². The van der Waals surface area contributed by atoms with Crippen LogP contribution in [0.3, 0.4) is 0 Å². The van der Waals surface area contributed by atoms with Crippen molar-refractivity contribution >= 4 is 17.2 Å². The summed E-state index contributed by atoms with van der Waals surface area (Å²) < 4.78 is 0. The van der Waals surface area contributed by atoms with Crippen LogP contribution in [-0.2, 0) is 4.79 Å². The van der Waals surface area contributed by atoms with E-state index in [-0.39, 0.29) is 11.9 Å². The molecule has 3 nitrogen and oxygen atoms in total. The number of hydrogen-bond donors (Lipinski definition) is 2. The lowest BCUT2D eigenvalue weighted by atomic mass is 10.1. The average molecular weight is 282 g/mol. The Kier molecular flexibility index (Phi) is 7.75. The van der Waals surface area contributed by atoms with E-state index in [1.54, 1.807) is 11.3 Å². The highest BCUT2D eigenvalue weighted by molar-refractivity contribution is 7.10. The van der Waals surface area contributed by atoms with Gasteiger partial charge in [-0.25, -0.2) is 0 Å². The molecule has 0 aliphatic heterocycles. The summed E-state index contributed by atoms with van der Waals surface area (Å²) in [6, 6.07) is 4.82. The minimum absolute atomic E-state index is 0.164. The van der Waals surface area contributed by atoms with Crippen LogP contribution in [0.15, 0.2) is 17.5 Å². The van der Waals surface area contributed by atoms with E-state index in [2.05, 4.69) is 42.9 Å². The second-order valence-corrected chi connectivity index (χ2v) is 6.12. The molecule has 19 heavy (non-hydrogen) atoms. The Morgan fingerprint density at radius 1 is 1.42 bits per heavy atom. The Balaban J connectivity index is 2.32. The van der Waals surface area contributed by atoms with Crippen molar-refractivity contribution in [2.45, 2.75) is 58.5 Å². The molecule has 0 saturated carbocycles. The molecule has 2 N–H and O–H groups in total. The zero-order valence-electron chi connectivity index (χ0n) is 12.2. The molecular formula is C15H26N2OS. The number of hydrogen-bond acceptors (Lipinski definition) is 3. The minimum Gasteiger partial charge on any atom is -0.348 e. The van der Waals surface area contributed by atoms with Crippen molar-refractivity contribution in [1.82, 2.24) is 10.6 Å². The number of amides is 1. The molecule has 108 valence electrons. The van der Waals surface area contributed by atoms with E-state index in [4.69, 9.17) is 0 Å². The summed E-state index contributed by atoms with van der Waals surface area (Å²) in [5.74, 6) is 0.164. The van der Waals surface area contributed by atoms with Crippen molar-refractivity contribution in [2.75, 3.05) is 6.54 Å². The quantitative estimate of drug-likeness (QED) is 0.681.